The van der Waals surface area contributed by atoms with E-state index in [1.54, 1.807) is 28.5 Å². The molecule has 0 spiro atoms. The summed E-state index contributed by atoms with van der Waals surface area (Å²) in [6, 6.07) is 4.50. The standard InChI is InChI=1S/C21H27ClN4O4S2/c1-15-13-26(14-16(2)30-15)32(28,29)19-12-17(4-5-18(19)22)20(27)24-7-3-8-25(10-9-24)21-23-6-11-31-21/h4-6,11-12,15-16H,3,7-10,13-14H2,1-2H3. The van der Waals surface area contributed by atoms with Gasteiger partial charge in [-0.3, -0.25) is 4.79 Å². The average Bonchev–Trinajstić information content (AvgIpc) is 3.17. The first-order valence-corrected chi connectivity index (χ1v) is 13.3. The SMILES string of the molecule is CC1CN(S(=O)(=O)c2cc(C(=O)N3CCCN(c4nccs4)CC3)ccc2Cl)CC(C)O1. The maximum atomic E-state index is 13.3. The Hall–Kier alpha value is -1.72. The topological polar surface area (TPSA) is 83.1 Å². The molecule has 8 nitrogen and oxygen atoms in total. The lowest BCUT2D eigenvalue weighted by molar-refractivity contribution is -0.0440. The van der Waals surface area contributed by atoms with Crippen LogP contribution >= 0.6 is 22.9 Å². The minimum atomic E-state index is -3.86. The second-order valence-electron chi connectivity index (χ2n) is 8.17. The number of rotatable bonds is 4. The summed E-state index contributed by atoms with van der Waals surface area (Å²) in [6.45, 7) is 6.83. The van der Waals surface area contributed by atoms with E-state index in [-0.39, 0.29) is 41.1 Å². The second-order valence-corrected chi connectivity index (χ2v) is 11.4. The summed E-state index contributed by atoms with van der Waals surface area (Å²) >= 11 is 7.87. The fourth-order valence-corrected chi connectivity index (χ4v) is 6.95. The van der Waals surface area contributed by atoms with E-state index in [4.69, 9.17) is 16.3 Å². The summed E-state index contributed by atoms with van der Waals surface area (Å²) in [5.74, 6) is -0.192. The molecule has 0 aliphatic carbocycles. The molecule has 3 heterocycles. The summed E-state index contributed by atoms with van der Waals surface area (Å²) in [5, 5.41) is 3.00. The number of carbonyl (C=O) groups excluding carboxylic acids is 1. The Morgan fingerprint density at radius 1 is 1.16 bits per heavy atom. The maximum Gasteiger partial charge on any atom is 0.253 e. The Balaban J connectivity index is 1.53. The lowest BCUT2D eigenvalue weighted by atomic mass is 10.2. The normalized spacial score (nSPS) is 23.2. The molecule has 174 valence electrons. The van der Waals surface area contributed by atoms with Gasteiger partial charge in [-0.1, -0.05) is 11.6 Å². The summed E-state index contributed by atoms with van der Waals surface area (Å²) in [7, 11) is -3.86. The van der Waals surface area contributed by atoms with Gasteiger partial charge in [0, 0.05) is 56.4 Å². The van der Waals surface area contributed by atoms with Gasteiger partial charge in [-0.05, 0) is 38.5 Å². The van der Waals surface area contributed by atoms with Gasteiger partial charge in [0.1, 0.15) is 4.90 Å². The van der Waals surface area contributed by atoms with E-state index in [1.807, 2.05) is 19.2 Å². The Morgan fingerprint density at radius 2 is 1.91 bits per heavy atom. The number of benzene rings is 1. The van der Waals surface area contributed by atoms with Gasteiger partial charge >= 0.3 is 0 Å². The van der Waals surface area contributed by atoms with Crippen LogP contribution in [0.25, 0.3) is 0 Å². The van der Waals surface area contributed by atoms with Gasteiger partial charge in [-0.25, -0.2) is 13.4 Å². The third-order valence-corrected chi connectivity index (χ3v) is 8.80. The van der Waals surface area contributed by atoms with Crippen molar-refractivity contribution in [1.29, 1.82) is 0 Å². The molecule has 2 aliphatic rings. The van der Waals surface area contributed by atoms with E-state index in [0.717, 1.165) is 18.1 Å². The number of sulfonamides is 1. The number of ether oxygens (including phenoxy) is 1. The first kappa shape index (κ1) is 23.4. The number of carbonyl (C=O) groups is 1. The predicted molar refractivity (Wildman–Crippen MR) is 125 cm³/mol. The van der Waals surface area contributed by atoms with E-state index in [1.165, 1.54) is 16.4 Å². The van der Waals surface area contributed by atoms with Crippen molar-refractivity contribution in [3.63, 3.8) is 0 Å². The summed E-state index contributed by atoms with van der Waals surface area (Å²) in [5.41, 5.74) is 0.324. The highest BCUT2D eigenvalue weighted by molar-refractivity contribution is 7.89. The predicted octanol–water partition coefficient (Wildman–Crippen LogP) is 2.95. The highest BCUT2D eigenvalue weighted by Crippen LogP contribution is 2.29. The minimum absolute atomic E-state index is 0.0365. The first-order chi connectivity index (χ1) is 15.3. The van der Waals surface area contributed by atoms with E-state index in [2.05, 4.69) is 9.88 Å². The summed E-state index contributed by atoms with van der Waals surface area (Å²) < 4.78 is 33.7. The number of thiazole rings is 1. The zero-order chi connectivity index (χ0) is 22.9. The van der Waals surface area contributed by atoms with Crippen LogP contribution in [0.15, 0.2) is 34.7 Å². The molecular formula is C21H27ClN4O4S2. The van der Waals surface area contributed by atoms with Crippen LogP contribution in [0.2, 0.25) is 5.02 Å². The van der Waals surface area contributed by atoms with Crippen molar-refractivity contribution in [2.24, 2.45) is 0 Å². The molecule has 11 heteroatoms. The number of morpholine rings is 1. The molecule has 2 saturated heterocycles. The third-order valence-electron chi connectivity index (χ3n) is 5.66. The Labute approximate surface area is 197 Å². The van der Waals surface area contributed by atoms with Crippen molar-refractivity contribution >= 4 is 44.0 Å². The molecule has 1 aromatic carbocycles. The molecule has 0 saturated carbocycles. The number of hydrogen-bond donors (Lipinski definition) is 0. The van der Waals surface area contributed by atoms with Gasteiger partial charge in [0.25, 0.3) is 5.91 Å². The van der Waals surface area contributed by atoms with Crippen molar-refractivity contribution in [1.82, 2.24) is 14.2 Å². The van der Waals surface area contributed by atoms with Crippen LogP contribution in [0.5, 0.6) is 0 Å². The van der Waals surface area contributed by atoms with Crippen LogP contribution < -0.4 is 4.90 Å². The largest absolute Gasteiger partial charge is 0.373 e. The van der Waals surface area contributed by atoms with Gasteiger partial charge in [-0.2, -0.15) is 4.31 Å². The first-order valence-electron chi connectivity index (χ1n) is 10.6. The zero-order valence-corrected chi connectivity index (χ0v) is 20.5. The molecule has 2 aliphatic heterocycles. The molecule has 2 atom stereocenters. The van der Waals surface area contributed by atoms with Crippen molar-refractivity contribution in [2.75, 3.05) is 44.2 Å². The number of amides is 1. The van der Waals surface area contributed by atoms with Gasteiger partial charge in [0.05, 0.1) is 17.2 Å². The van der Waals surface area contributed by atoms with Crippen LogP contribution in [0.4, 0.5) is 5.13 Å². The molecular weight excluding hydrogens is 472 g/mol. The van der Waals surface area contributed by atoms with Crippen LogP contribution in [0.1, 0.15) is 30.6 Å². The molecule has 32 heavy (non-hydrogen) atoms. The van der Waals surface area contributed by atoms with Crippen molar-refractivity contribution in [3.05, 3.63) is 40.4 Å². The van der Waals surface area contributed by atoms with Crippen molar-refractivity contribution in [3.8, 4) is 0 Å². The van der Waals surface area contributed by atoms with Gasteiger partial charge in [0.2, 0.25) is 10.0 Å². The fourth-order valence-electron chi connectivity index (χ4n) is 4.17. The van der Waals surface area contributed by atoms with Gasteiger partial charge in [0.15, 0.2) is 5.13 Å². The molecule has 1 amide bonds. The molecule has 2 aromatic rings. The van der Waals surface area contributed by atoms with Crippen LogP contribution in [0.3, 0.4) is 0 Å². The summed E-state index contributed by atoms with van der Waals surface area (Å²) in [6.07, 6.45) is 2.16. The number of nitrogens with zero attached hydrogens (tertiary/aromatic N) is 4. The molecule has 0 N–H and O–H groups in total. The fraction of sp³-hybridized carbons (Fsp3) is 0.524. The smallest absolute Gasteiger partial charge is 0.253 e. The lowest BCUT2D eigenvalue weighted by Crippen LogP contribution is -2.48. The molecule has 0 bridgehead atoms. The molecule has 0 radical (unpaired) electrons. The summed E-state index contributed by atoms with van der Waals surface area (Å²) in [4.78, 5) is 21.5. The number of hydrogen-bond acceptors (Lipinski definition) is 7. The Bertz CT molecular complexity index is 1050. The molecule has 1 aromatic heterocycles. The number of anilines is 1. The second kappa shape index (κ2) is 9.64. The Morgan fingerprint density at radius 3 is 2.59 bits per heavy atom. The number of aromatic nitrogens is 1. The Kier molecular flexibility index (Phi) is 7.06. The minimum Gasteiger partial charge on any atom is -0.373 e. The van der Waals surface area contributed by atoms with Gasteiger partial charge < -0.3 is 14.5 Å². The molecule has 2 fully saturated rings. The lowest BCUT2D eigenvalue weighted by Gasteiger charge is -2.34. The number of halogens is 1. The van der Waals surface area contributed by atoms with E-state index >= 15 is 0 Å². The monoisotopic (exact) mass is 498 g/mol. The highest BCUT2D eigenvalue weighted by Gasteiger charge is 2.34. The highest BCUT2D eigenvalue weighted by atomic mass is 35.5. The van der Waals surface area contributed by atoms with Gasteiger partial charge in [-0.15, -0.1) is 11.3 Å². The zero-order valence-electron chi connectivity index (χ0n) is 18.1. The van der Waals surface area contributed by atoms with Crippen LogP contribution in [0, 0.1) is 0 Å². The van der Waals surface area contributed by atoms with Crippen LogP contribution in [-0.2, 0) is 14.8 Å². The van der Waals surface area contributed by atoms with E-state index in [0.29, 0.717) is 25.2 Å². The van der Waals surface area contributed by atoms with E-state index < -0.39 is 10.0 Å². The molecule has 2 unspecified atom stereocenters. The quantitative estimate of drug-likeness (QED) is 0.644. The maximum absolute atomic E-state index is 13.3. The van der Waals surface area contributed by atoms with Crippen molar-refractivity contribution in [2.45, 2.75) is 37.4 Å². The van der Waals surface area contributed by atoms with E-state index in [9.17, 15) is 13.2 Å². The molecule has 4 rings (SSSR count). The van der Waals surface area contributed by atoms with Crippen molar-refractivity contribution < 1.29 is 17.9 Å². The average molecular weight is 499 g/mol. The van der Waals surface area contributed by atoms with Crippen LogP contribution in [-0.4, -0.2) is 80.0 Å². The third kappa shape index (κ3) is 4.94.